The summed E-state index contributed by atoms with van der Waals surface area (Å²) in [6.07, 6.45) is 0. The first kappa shape index (κ1) is 14.7. The van der Waals surface area contributed by atoms with Crippen LogP contribution in [0.25, 0.3) is 0 Å². The maximum Gasteiger partial charge on any atom is 0.158 e. The molecule has 2 heterocycles. The van der Waals surface area contributed by atoms with Crippen LogP contribution >= 0.6 is 11.3 Å². The Bertz CT molecular complexity index is 572. The molecule has 108 valence electrons. The van der Waals surface area contributed by atoms with Gasteiger partial charge in [0.1, 0.15) is 23.3 Å². The second-order valence-electron chi connectivity index (χ2n) is 4.43. The fraction of sp³-hybridized carbons (Fsp3) is 0.462. The predicted octanol–water partition coefficient (Wildman–Crippen LogP) is 2.60. The number of aryl methyl sites for hydroxylation is 1. The van der Waals surface area contributed by atoms with Gasteiger partial charge in [-0.25, -0.2) is 15.0 Å². The minimum absolute atomic E-state index is 0.101. The minimum atomic E-state index is 0.101. The van der Waals surface area contributed by atoms with Crippen LogP contribution < -0.4 is 10.6 Å². The molecule has 0 aliphatic carbocycles. The van der Waals surface area contributed by atoms with Crippen LogP contribution in [-0.4, -0.2) is 29.1 Å². The van der Waals surface area contributed by atoms with Gasteiger partial charge in [-0.15, -0.1) is 11.3 Å². The highest BCUT2D eigenvalue weighted by molar-refractivity contribution is 7.09. The SMILES string of the molecule is CNc1cc(NC(C)c2nc(C)cs2)nc(COC)n1. The number of ether oxygens (including phenoxy) is 1. The molecule has 0 bridgehead atoms. The number of hydrogen-bond acceptors (Lipinski definition) is 7. The Morgan fingerprint density at radius 1 is 1.30 bits per heavy atom. The summed E-state index contributed by atoms with van der Waals surface area (Å²) in [7, 11) is 3.46. The number of aromatic nitrogens is 3. The summed E-state index contributed by atoms with van der Waals surface area (Å²) >= 11 is 1.64. The highest BCUT2D eigenvalue weighted by Gasteiger charge is 2.11. The third-order valence-electron chi connectivity index (χ3n) is 2.67. The quantitative estimate of drug-likeness (QED) is 0.853. The number of hydrogen-bond donors (Lipinski definition) is 2. The molecule has 0 fully saturated rings. The van der Waals surface area contributed by atoms with Gasteiger partial charge in [0.15, 0.2) is 5.82 Å². The highest BCUT2D eigenvalue weighted by Crippen LogP contribution is 2.22. The zero-order valence-electron chi connectivity index (χ0n) is 12.1. The Morgan fingerprint density at radius 3 is 2.65 bits per heavy atom. The molecule has 2 N–H and O–H groups in total. The van der Waals surface area contributed by atoms with Crippen LogP contribution in [0.4, 0.5) is 11.6 Å². The predicted molar refractivity (Wildman–Crippen MR) is 81.2 cm³/mol. The number of anilines is 2. The van der Waals surface area contributed by atoms with Gasteiger partial charge in [-0.1, -0.05) is 0 Å². The lowest BCUT2D eigenvalue weighted by Crippen LogP contribution is -2.11. The monoisotopic (exact) mass is 293 g/mol. The average Bonchev–Trinajstić information content (AvgIpc) is 2.85. The molecule has 0 radical (unpaired) electrons. The molecule has 2 rings (SSSR count). The third kappa shape index (κ3) is 3.64. The number of thiazole rings is 1. The van der Waals surface area contributed by atoms with Crippen molar-refractivity contribution in [1.82, 2.24) is 15.0 Å². The Morgan fingerprint density at radius 2 is 2.05 bits per heavy atom. The van der Waals surface area contributed by atoms with E-state index in [1.54, 1.807) is 18.4 Å². The highest BCUT2D eigenvalue weighted by atomic mass is 32.1. The zero-order chi connectivity index (χ0) is 14.5. The van der Waals surface area contributed by atoms with Crippen molar-refractivity contribution in [3.63, 3.8) is 0 Å². The molecule has 0 aromatic carbocycles. The maximum atomic E-state index is 5.08. The average molecular weight is 293 g/mol. The number of rotatable bonds is 6. The fourth-order valence-corrected chi connectivity index (χ4v) is 2.55. The smallest absolute Gasteiger partial charge is 0.158 e. The molecule has 0 aliphatic rings. The number of methoxy groups -OCH3 is 1. The molecule has 0 saturated carbocycles. The van der Waals surface area contributed by atoms with Crippen molar-refractivity contribution in [2.45, 2.75) is 26.5 Å². The molecule has 2 aromatic rings. The minimum Gasteiger partial charge on any atom is -0.377 e. The first-order chi connectivity index (χ1) is 9.62. The fourth-order valence-electron chi connectivity index (χ4n) is 1.75. The molecule has 2 aromatic heterocycles. The second kappa shape index (κ2) is 6.62. The van der Waals surface area contributed by atoms with Crippen molar-refractivity contribution < 1.29 is 4.74 Å². The molecule has 1 unspecified atom stereocenters. The van der Waals surface area contributed by atoms with Crippen LogP contribution in [0.1, 0.15) is 29.5 Å². The second-order valence-corrected chi connectivity index (χ2v) is 5.32. The van der Waals surface area contributed by atoms with E-state index in [0.717, 1.165) is 22.3 Å². The van der Waals surface area contributed by atoms with Gasteiger partial charge < -0.3 is 15.4 Å². The largest absolute Gasteiger partial charge is 0.377 e. The van der Waals surface area contributed by atoms with Gasteiger partial charge in [0.05, 0.1) is 6.04 Å². The van der Waals surface area contributed by atoms with E-state index in [1.807, 2.05) is 25.4 Å². The lowest BCUT2D eigenvalue weighted by atomic mass is 10.3. The summed E-state index contributed by atoms with van der Waals surface area (Å²) in [6, 6.07) is 1.97. The Hall–Kier alpha value is -1.73. The van der Waals surface area contributed by atoms with Crippen molar-refractivity contribution in [3.8, 4) is 0 Å². The number of nitrogens with zero attached hydrogens (tertiary/aromatic N) is 3. The molecule has 6 nitrogen and oxygen atoms in total. The van der Waals surface area contributed by atoms with E-state index < -0.39 is 0 Å². The van der Waals surface area contributed by atoms with Crippen LogP contribution in [0.2, 0.25) is 0 Å². The van der Waals surface area contributed by atoms with E-state index in [2.05, 4.69) is 32.5 Å². The topological polar surface area (TPSA) is 72.0 Å². The summed E-state index contributed by atoms with van der Waals surface area (Å²) in [5.41, 5.74) is 1.04. The van der Waals surface area contributed by atoms with Gasteiger partial charge in [0.2, 0.25) is 0 Å². The lowest BCUT2D eigenvalue weighted by Gasteiger charge is -2.13. The molecular weight excluding hydrogens is 274 g/mol. The molecule has 20 heavy (non-hydrogen) atoms. The molecule has 0 aliphatic heterocycles. The molecular formula is C13H19N5OS. The van der Waals surface area contributed by atoms with Crippen molar-refractivity contribution in [2.75, 3.05) is 24.8 Å². The van der Waals surface area contributed by atoms with Crippen LogP contribution in [-0.2, 0) is 11.3 Å². The molecule has 1 atom stereocenters. The summed E-state index contributed by atoms with van der Waals surface area (Å²) in [5.74, 6) is 2.16. The van der Waals surface area contributed by atoms with Crippen molar-refractivity contribution in [3.05, 3.63) is 28.0 Å². The van der Waals surface area contributed by atoms with Crippen molar-refractivity contribution in [1.29, 1.82) is 0 Å². The molecule has 0 amide bonds. The van der Waals surface area contributed by atoms with E-state index in [4.69, 9.17) is 4.74 Å². The van der Waals surface area contributed by atoms with Crippen molar-refractivity contribution in [2.24, 2.45) is 0 Å². The first-order valence-electron chi connectivity index (χ1n) is 6.35. The Kier molecular flexibility index (Phi) is 4.86. The lowest BCUT2D eigenvalue weighted by molar-refractivity contribution is 0.178. The maximum absolute atomic E-state index is 5.08. The summed E-state index contributed by atoms with van der Waals surface area (Å²) in [6.45, 7) is 4.44. The molecule has 0 spiro atoms. The van der Waals surface area contributed by atoms with E-state index >= 15 is 0 Å². The van der Waals surface area contributed by atoms with Gasteiger partial charge in [0.25, 0.3) is 0 Å². The first-order valence-corrected chi connectivity index (χ1v) is 7.23. The normalized spacial score (nSPS) is 12.2. The van der Waals surface area contributed by atoms with Crippen LogP contribution in [0, 0.1) is 6.92 Å². The van der Waals surface area contributed by atoms with E-state index in [1.165, 1.54) is 0 Å². The van der Waals surface area contributed by atoms with E-state index in [0.29, 0.717) is 12.4 Å². The van der Waals surface area contributed by atoms with E-state index in [-0.39, 0.29) is 6.04 Å². The summed E-state index contributed by atoms with van der Waals surface area (Å²) < 4.78 is 5.08. The third-order valence-corrected chi connectivity index (χ3v) is 3.82. The van der Waals surface area contributed by atoms with E-state index in [9.17, 15) is 0 Å². The summed E-state index contributed by atoms with van der Waals surface area (Å²) in [4.78, 5) is 13.2. The summed E-state index contributed by atoms with van der Waals surface area (Å²) in [5, 5.41) is 9.46. The Labute approximate surface area is 122 Å². The van der Waals surface area contributed by atoms with Crippen molar-refractivity contribution >= 4 is 23.0 Å². The van der Waals surface area contributed by atoms with Crippen LogP contribution in [0.5, 0.6) is 0 Å². The van der Waals surface area contributed by atoms with Gasteiger partial charge in [-0.05, 0) is 13.8 Å². The van der Waals surface area contributed by atoms with Crippen LogP contribution in [0.15, 0.2) is 11.4 Å². The zero-order valence-corrected chi connectivity index (χ0v) is 12.9. The standard InChI is InChI=1S/C13H19N5OS/c1-8-7-20-13(15-8)9(2)16-11-5-10(14-3)17-12(18-11)6-19-4/h5,7,9H,6H2,1-4H3,(H2,14,16,17,18). The van der Waals surface area contributed by atoms with Crippen LogP contribution in [0.3, 0.4) is 0 Å². The van der Waals surface area contributed by atoms with Gasteiger partial charge >= 0.3 is 0 Å². The van der Waals surface area contributed by atoms with Gasteiger partial charge in [-0.2, -0.15) is 0 Å². The Balaban J connectivity index is 2.17. The number of nitrogens with one attached hydrogen (secondary N) is 2. The molecule has 0 saturated heterocycles. The molecule has 7 heteroatoms. The van der Waals surface area contributed by atoms with Gasteiger partial charge in [-0.3, -0.25) is 0 Å². The van der Waals surface area contributed by atoms with Gasteiger partial charge in [0, 0.05) is 31.3 Å².